The zero-order valence-electron chi connectivity index (χ0n) is 9.50. The van der Waals surface area contributed by atoms with Gasteiger partial charge in [-0.3, -0.25) is 0 Å². The van der Waals surface area contributed by atoms with Gasteiger partial charge in [0.25, 0.3) is 0 Å². The first-order valence-electron chi connectivity index (χ1n) is 5.70. The molecule has 2 rings (SSSR count). The van der Waals surface area contributed by atoms with Crippen LogP contribution in [0.5, 0.6) is 0 Å². The Labute approximate surface area is 110 Å². The third-order valence-electron chi connectivity index (χ3n) is 3.45. The van der Waals surface area contributed by atoms with Gasteiger partial charge in [0.2, 0.25) is 0 Å². The summed E-state index contributed by atoms with van der Waals surface area (Å²) in [7, 11) is 1.37. The standard InChI is InChI=1S/C12H17IO3/c1-15-11(14)16-12-4-2-3-9(6-12)5-10(7-12)8-13/h5,10H,2-4,6-8H2,1H3. The van der Waals surface area contributed by atoms with E-state index >= 15 is 0 Å². The lowest BCUT2D eigenvalue weighted by Crippen LogP contribution is -2.42. The van der Waals surface area contributed by atoms with E-state index < -0.39 is 6.16 Å². The number of carbonyl (C=O) groups excluding carboxylic acids is 1. The van der Waals surface area contributed by atoms with Crippen LogP contribution >= 0.6 is 22.6 Å². The second-order valence-electron chi connectivity index (χ2n) is 4.71. The molecule has 0 amide bonds. The molecule has 0 saturated heterocycles. The molecule has 2 aliphatic carbocycles. The molecule has 1 fully saturated rings. The Morgan fingerprint density at radius 2 is 2.50 bits per heavy atom. The number of alkyl halides is 1. The maximum atomic E-state index is 11.3. The summed E-state index contributed by atoms with van der Waals surface area (Å²) in [5.74, 6) is 0.550. The van der Waals surface area contributed by atoms with Gasteiger partial charge in [-0.15, -0.1) is 0 Å². The van der Waals surface area contributed by atoms with Crippen molar-refractivity contribution in [2.24, 2.45) is 5.92 Å². The molecule has 4 heteroatoms. The number of hydrogen-bond donors (Lipinski definition) is 0. The molecule has 90 valence electrons. The summed E-state index contributed by atoms with van der Waals surface area (Å²) in [5.41, 5.74) is 1.19. The first-order chi connectivity index (χ1) is 7.67. The van der Waals surface area contributed by atoms with Gasteiger partial charge in [0.15, 0.2) is 0 Å². The van der Waals surface area contributed by atoms with Crippen LogP contribution in [0.1, 0.15) is 32.1 Å². The summed E-state index contributed by atoms with van der Waals surface area (Å²) in [6.45, 7) is 0. The zero-order chi connectivity index (χ0) is 11.6. The minimum Gasteiger partial charge on any atom is -0.438 e. The van der Waals surface area contributed by atoms with Crippen molar-refractivity contribution in [2.75, 3.05) is 11.5 Å². The SMILES string of the molecule is COC(=O)OC12CCCC(=CC(CI)C1)C2. The predicted octanol–water partition coefficient (Wildman–Crippen LogP) is 3.46. The third-order valence-corrected chi connectivity index (χ3v) is 4.58. The van der Waals surface area contributed by atoms with Gasteiger partial charge in [0, 0.05) is 10.8 Å². The largest absolute Gasteiger partial charge is 0.508 e. The number of halogens is 1. The highest BCUT2D eigenvalue weighted by Gasteiger charge is 2.42. The maximum absolute atomic E-state index is 11.3. The normalized spacial score (nSPS) is 32.9. The van der Waals surface area contributed by atoms with Crippen LogP contribution in [0, 0.1) is 5.92 Å². The molecular weight excluding hydrogens is 319 g/mol. The highest BCUT2D eigenvalue weighted by Crippen LogP contribution is 2.44. The van der Waals surface area contributed by atoms with Crippen LogP contribution in [0.2, 0.25) is 0 Å². The Hall–Kier alpha value is -0.260. The lowest BCUT2D eigenvalue weighted by molar-refractivity contribution is -0.0528. The Balaban J connectivity index is 2.14. The number of hydrogen-bond acceptors (Lipinski definition) is 3. The topological polar surface area (TPSA) is 35.5 Å². The first kappa shape index (κ1) is 12.2. The van der Waals surface area contributed by atoms with Crippen LogP contribution in [-0.2, 0) is 9.47 Å². The molecule has 0 aromatic carbocycles. The van der Waals surface area contributed by atoms with Crippen LogP contribution < -0.4 is 0 Å². The van der Waals surface area contributed by atoms with Crippen LogP contribution in [0.4, 0.5) is 4.79 Å². The summed E-state index contributed by atoms with van der Waals surface area (Å²) < 4.78 is 11.2. The minimum absolute atomic E-state index is 0.273. The van der Waals surface area contributed by atoms with Gasteiger partial charge in [-0.1, -0.05) is 34.2 Å². The van der Waals surface area contributed by atoms with Crippen LogP contribution in [0.3, 0.4) is 0 Å². The molecule has 1 saturated carbocycles. The molecule has 0 aliphatic heterocycles. The molecule has 0 aromatic rings. The molecule has 0 spiro atoms. The summed E-state index contributed by atoms with van der Waals surface area (Å²) >= 11 is 2.40. The predicted molar refractivity (Wildman–Crippen MR) is 69.8 cm³/mol. The van der Waals surface area contributed by atoms with Crippen molar-refractivity contribution in [1.29, 1.82) is 0 Å². The van der Waals surface area contributed by atoms with E-state index in [4.69, 9.17) is 4.74 Å². The van der Waals surface area contributed by atoms with Gasteiger partial charge in [-0.05, 0) is 31.6 Å². The Morgan fingerprint density at radius 3 is 3.19 bits per heavy atom. The van der Waals surface area contributed by atoms with Crippen molar-refractivity contribution in [3.8, 4) is 0 Å². The van der Waals surface area contributed by atoms with Crippen LogP contribution in [0.25, 0.3) is 0 Å². The summed E-state index contributed by atoms with van der Waals surface area (Å²) in [4.78, 5) is 11.3. The fourth-order valence-corrected chi connectivity index (χ4v) is 3.43. The van der Waals surface area contributed by atoms with Crippen molar-refractivity contribution in [3.63, 3.8) is 0 Å². The van der Waals surface area contributed by atoms with E-state index in [0.717, 1.165) is 30.1 Å². The number of allylic oxidation sites excluding steroid dienone is 1. The quantitative estimate of drug-likeness (QED) is 0.335. The monoisotopic (exact) mass is 336 g/mol. The number of carbonyl (C=O) groups is 1. The summed E-state index contributed by atoms with van der Waals surface area (Å²) in [5, 5.41) is 0. The number of methoxy groups -OCH3 is 1. The summed E-state index contributed by atoms with van der Waals surface area (Å²) in [6, 6.07) is 0. The third kappa shape index (κ3) is 2.52. The fraction of sp³-hybridized carbons (Fsp3) is 0.750. The number of rotatable bonds is 2. The van der Waals surface area contributed by atoms with E-state index in [2.05, 4.69) is 33.4 Å². The molecule has 2 aliphatic rings. The molecule has 3 nitrogen and oxygen atoms in total. The smallest absolute Gasteiger partial charge is 0.438 e. The fourth-order valence-electron chi connectivity index (χ4n) is 2.86. The minimum atomic E-state index is -0.532. The second kappa shape index (κ2) is 4.94. The molecule has 0 aromatic heterocycles. The van der Waals surface area contributed by atoms with Gasteiger partial charge < -0.3 is 9.47 Å². The average Bonchev–Trinajstić information content (AvgIpc) is 2.27. The van der Waals surface area contributed by atoms with Crippen molar-refractivity contribution in [1.82, 2.24) is 0 Å². The lowest BCUT2D eigenvalue weighted by Gasteiger charge is -2.42. The van der Waals surface area contributed by atoms with Crippen molar-refractivity contribution < 1.29 is 14.3 Å². The molecule has 2 atom stereocenters. The molecule has 0 N–H and O–H groups in total. The first-order valence-corrected chi connectivity index (χ1v) is 7.22. The van der Waals surface area contributed by atoms with Gasteiger partial charge >= 0.3 is 6.16 Å². The zero-order valence-corrected chi connectivity index (χ0v) is 11.7. The second-order valence-corrected chi connectivity index (χ2v) is 5.59. The van der Waals surface area contributed by atoms with Gasteiger partial charge in [-0.25, -0.2) is 4.79 Å². The van der Waals surface area contributed by atoms with Gasteiger partial charge in [-0.2, -0.15) is 0 Å². The molecule has 0 heterocycles. The Morgan fingerprint density at radius 1 is 1.69 bits per heavy atom. The van der Waals surface area contributed by atoms with E-state index in [9.17, 15) is 4.79 Å². The summed E-state index contributed by atoms with van der Waals surface area (Å²) in [6.07, 6.45) is 6.98. The van der Waals surface area contributed by atoms with E-state index in [-0.39, 0.29) is 5.60 Å². The Bertz CT molecular complexity index is 313. The highest BCUT2D eigenvalue weighted by atomic mass is 127. The van der Waals surface area contributed by atoms with Crippen LogP contribution in [-0.4, -0.2) is 23.3 Å². The lowest BCUT2D eigenvalue weighted by atomic mass is 9.71. The van der Waals surface area contributed by atoms with Crippen molar-refractivity contribution >= 4 is 28.7 Å². The van der Waals surface area contributed by atoms with Gasteiger partial charge in [0.05, 0.1) is 7.11 Å². The van der Waals surface area contributed by atoms with E-state index in [0.29, 0.717) is 5.92 Å². The Kier molecular flexibility index (Phi) is 3.77. The molecule has 0 radical (unpaired) electrons. The maximum Gasteiger partial charge on any atom is 0.508 e. The number of ether oxygens (including phenoxy) is 2. The van der Waals surface area contributed by atoms with E-state index in [1.54, 1.807) is 0 Å². The molecule has 16 heavy (non-hydrogen) atoms. The van der Waals surface area contributed by atoms with Crippen LogP contribution in [0.15, 0.2) is 11.6 Å². The highest BCUT2D eigenvalue weighted by molar-refractivity contribution is 14.1. The van der Waals surface area contributed by atoms with Gasteiger partial charge in [0.1, 0.15) is 5.60 Å². The molecular formula is C12H17IO3. The molecule has 2 unspecified atom stereocenters. The molecule has 2 bridgehead atoms. The van der Waals surface area contributed by atoms with E-state index in [1.807, 2.05) is 0 Å². The van der Waals surface area contributed by atoms with E-state index in [1.165, 1.54) is 19.1 Å². The average molecular weight is 336 g/mol. The van der Waals surface area contributed by atoms with Crippen molar-refractivity contribution in [3.05, 3.63) is 11.6 Å². The number of fused-ring (bicyclic) bond motifs is 2. The van der Waals surface area contributed by atoms with Crippen molar-refractivity contribution in [2.45, 2.75) is 37.7 Å².